The number of benzene rings is 1. The van der Waals surface area contributed by atoms with Crippen LogP contribution < -0.4 is 0 Å². The molecule has 0 aromatic heterocycles. The van der Waals surface area contributed by atoms with Crippen molar-refractivity contribution in [3.63, 3.8) is 0 Å². The Balaban J connectivity index is 2.10. The van der Waals surface area contributed by atoms with Crippen LogP contribution in [0.15, 0.2) is 29.3 Å². The lowest BCUT2D eigenvalue weighted by atomic mass is 9.93. The molecule has 0 saturated carbocycles. The van der Waals surface area contributed by atoms with E-state index in [-0.39, 0.29) is 11.7 Å². The highest BCUT2D eigenvalue weighted by Gasteiger charge is 2.53. The Bertz CT molecular complexity index is 577. The summed E-state index contributed by atoms with van der Waals surface area (Å²) in [6.45, 7) is 6.38. The van der Waals surface area contributed by atoms with Crippen molar-refractivity contribution in [3.8, 4) is 0 Å². The third kappa shape index (κ3) is 3.18. The lowest BCUT2D eigenvalue weighted by molar-refractivity contribution is -0.122. The fraction of sp³-hybridized carbons (Fsp3) is 0.500. The van der Waals surface area contributed by atoms with Crippen LogP contribution in [0.2, 0.25) is 0 Å². The number of hydrogen-bond donors (Lipinski definition) is 0. The van der Waals surface area contributed by atoms with Crippen LogP contribution in [0.25, 0.3) is 0 Å². The Morgan fingerprint density at radius 2 is 1.90 bits per heavy atom. The van der Waals surface area contributed by atoms with E-state index in [4.69, 9.17) is 0 Å². The predicted molar refractivity (Wildman–Crippen MR) is 83.1 cm³/mol. The summed E-state index contributed by atoms with van der Waals surface area (Å²) in [4.78, 5) is 16.0. The molecule has 1 aromatic carbocycles. The maximum Gasteiger partial charge on any atom is 0.266 e. The van der Waals surface area contributed by atoms with Gasteiger partial charge in [0, 0.05) is 6.42 Å². The zero-order valence-electron chi connectivity index (χ0n) is 12.6. The molecule has 114 valence electrons. The van der Waals surface area contributed by atoms with Crippen LogP contribution in [0, 0.1) is 5.82 Å². The van der Waals surface area contributed by atoms with Gasteiger partial charge >= 0.3 is 0 Å². The molecule has 0 aliphatic carbocycles. The smallest absolute Gasteiger partial charge is 0.266 e. The van der Waals surface area contributed by atoms with E-state index < -0.39 is 16.3 Å². The number of halogens is 2. The monoisotopic (exact) mass is 311 g/mol. The highest BCUT2D eigenvalue weighted by atomic mass is 32.2. The third-order valence-electron chi connectivity index (χ3n) is 4.01. The molecule has 2 atom stereocenters. The number of nitrogens with zero attached hydrogens (tertiary/aromatic N) is 1. The number of amides is 1. The number of carbonyl (C=O) groups is 1. The molecule has 0 saturated heterocycles. The van der Waals surface area contributed by atoms with Crippen molar-refractivity contribution in [1.29, 1.82) is 0 Å². The number of thioether (sulfide) groups is 1. The van der Waals surface area contributed by atoms with E-state index >= 15 is 0 Å². The normalized spacial score (nSPS) is 24.1. The minimum Gasteiger partial charge on any atom is -0.271 e. The Morgan fingerprint density at radius 3 is 2.38 bits per heavy atom. The molecule has 1 heterocycles. The maximum absolute atomic E-state index is 14.3. The van der Waals surface area contributed by atoms with Crippen molar-refractivity contribution in [2.24, 2.45) is 4.99 Å². The van der Waals surface area contributed by atoms with Crippen LogP contribution >= 0.6 is 11.8 Å². The van der Waals surface area contributed by atoms with Crippen LogP contribution in [0.5, 0.6) is 0 Å². The molecule has 1 aromatic rings. The van der Waals surface area contributed by atoms with E-state index in [2.05, 4.69) is 4.99 Å². The van der Waals surface area contributed by atoms with Gasteiger partial charge in [-0.25, -0.2) is 13.8 Å². The molecule has 0 fully saturated rings. The van der Waals surface area contributed by atoms with E-state index in [1.807, 2.05) is 6.92 Å². The zero-order chi connectivity index (χ0) is 15.8. The second kappa shape index (κ2) is 5.52. The Hall–Kier alpha value is -1.23. The highest BCUT2D eigenvalue weighted by molar-refractivity contribution is 8.16. The SMILES string of the molecule is C[C@H](CC1=NC(=O)[C@@](C)(C(C)(C)F)S1)c1ccc(F)cc1. The second-order valence-corrected chi connectivity index (χ2v) is 7.57. The van der Waals surface area contributed by atoms with Crippen molar-refractivity contribution in [3.05, 3.63) is 35.6 Å². The molecule has 5 heteroatoms. The van der Waals surface area contributed by atoms with Crippen molar-refractivity contribution >= 4 is 22.7 Å². The Morgan fingerprint density at radius 1 is 1.33 bits per heavy atom. The fourth-order valence-corrected chi connectivity index (χ4v) is 3.46. The molecule has 1 aliphatic heterocycles. The van der Waals surface area contributed by atoms with Crippen molar-refractivity contribution in [1.82, 2.24) is 0 Å². The van der Waals surface area contributed by atoms with Crippen molar-refractivity contribution < 1.29 is 13.6 Å². The second-order valence-electron chi connectivity index (χ2n) is 6.08. The topological polar surface area (TPSA) is 29.4 Å². The summed E-state index contributed by atoms with van der Waals surface area (Å²) in [7, 11) is 0. The molecule has 1 aliphatic rings. The Labute approximate surface area is 128 Å². The molecule has 0 spiro atoms. The van der Waals surface area contributed by atoms with Gasteiger partial charge in [0.05, 0.1) is 5.04 Å². The van der Waals surface area contributed by atoms with E-state index in [0.717, 1.165) is 5.56 Å². The number of hydrogen-bond acceptors (Lipinski definition) is 2. The van der Waals surface area contributed by atoms with Crippen LogP contribution in [-0.4, -0.2) is 21.4 Å². The number of aliphatic imine (C=N–C) groups is 1. The van der Waals surface area contributed by atoms with E-state index in [9.17, 15) is 13.6 Å². The molecule has 0 unspecified atom stereocenters. The van der Waals surface area contributed by atoms with Gasteiger partial charge in [0.2, 0.25) is 0 Å². The highest BCUT2D eigenvalue weighted by Crippen LogP contribution is 2.45. The third-order valence-corrected chi connectivity index (χ3v) is 5.57. The van der Waals surface area contributed by atoms with Gasteiger partial charge in [-0.3, -0.25) is 4.79 Å². The lowest BCUT2D eigenvalue weighted by Crippen LogP contribution is -2.45. The summed E-state index contributed by atoms with van der Waals surface area (Å²) < 4.78 is 26.0. The molecule has 0 radical (unpaired) electrons. The summed E-state index contributed by atoms with van der Waals surface area (Å²) in [5.74, 6) is -0.600. The number of rotatable bonds is 4. The van der Waals surface area contributed by atoms with Gasteiger partial charge in [-0.1, -0.05) is 30.8 Å². The number of alkyl halides is 1. The van der Waals surface area contributed by atoms with Gasteiger partial charge in [0.15, 0.2) is 0 Å². The minimum absolute atomic E-state index is 0.0923. The van der Waals surface area contributed by atoms with Gasteiger partial charge < -0.3 is 0 Å². The van der Waals surface area contributed by atoms with Gasteiger partial charge in [0.25, 0.3) is 5.91 Å². The summed E-state index contributed by atoms with van der Waals surface area (Å²) in [5, 5.41) is 0.644. The molecule has 2 nitrogen and oxygen atoms in total. The average molecular weight is 311 g/mol. The first kappa shape index (κ1) is 16.1. The molecular weight excluding hydrogens is 292 g/mol. The van der Waals surface area contributed by atoms with E-state index in [1.165, 1.54) is 37.7 Å². The zero-order valence-corrected chi connectivity index (χ0v) is 13.4. The Kier molecular flexibility index (Phi) is 4.24. The van der Waals surface area contributed by atoms with Crippen LogP contribution in [0.1, 0.15) is 45.6 Å². The molecular formula is C16H19F2NOS. The summed E-state index contributed by atoms with van der Waals surface area (Å²) in [6, 6.07) is 6.27. The first-order chi connectivity index (χ1) is 9.63. The van der Waals surface area contributed by atoms with Crippen LogP contribution in [0.3, 0.4) is 0 Å². The quantitative estimate of drug-likeness (QED) is 0.819. The molecule has 21 heavy (non-hydrogen) atoms. The largest absolute Gasteiger partial charge is 0.271 e. The first-order valence-electron chi connectivity index (χ1n) is 6.89. The van der Waals surface area contributed by atoms with Gasteiger partial charge in [-0.2, -0.15) is 0 Å². The molecule has 0 N–H and O–H groups in total. The van der Waals surface area contributed by atoms with Gasteiger partial charge in [0.1, 0.15) is 16.2 Å². The lowest BCUT2D eigenvalue weighted by Gasteiger charge is -2.31. The minimum atomic E-state index is -1.64. The predicted octanol–water partition coefficient (Wildman–Crippen LogP) is 4.50. The summed E-state index contributed by atoms with van der Waals surface area (Å²) in [6.07, 6.45) is 0.549. The van der Waals surface area contributed by atoms with Gasteiger partial charge in [-0.15, -0.1) is 0 Å². The van der Waals surface area contributed by atoms with E-state index in [0.29, 0.717) is 11.5 Å². The molecule has 0 bridgehead atoms. The first-order valence-corrected chi connectivity index (χ1v) is 7.70. The van der Waals surface area contributed by atoms with E-state index in [1.54, 1.807) is 19.1 Å². The summed E-state index contributed by atoms with van der Waals surface area (Å²) in [5.41, 5.74) is -0.667. The molecule has 1 amide bonds. The van der Waals surface area contributed by atoms with Crippen molar-refractivity contribution in [2.75, 3.05) is 0 Å². The number of carbonyl (C=O) groups excluding carboxylic acids is 1. The maximum atomic E-state index is 14.3. The fourth-order valence-electron chi connectivity index (χ4n) is 2.16. The average Bonchev–Trinajstić information content (AvgIpc) is 2.66. The standard InChI is InChI=1S/C16H19F2NOS/c1-10(11-5-7-12(17)8-6-11)9-13-19-14(20)16(4,21-13)15(2,3)18/h5-8,10H,9H2,1-4H3/t10-,16+/m1/s1. The van der Waals surface area contributed by atoms with Crippen LogP contribution in [-0.2, 0) is 4.79 Å². The van der Waals surface area contributed by atoms with Crippen molar-refractivity contribution in [2.45, 2.75) is 50.4 Å². The van der Waals surface area contributed by atoms with Gasteiger partial charge in [-0.05, 0) is 44.4 Å². The molecule has 2 rings (SSSR count). The summed E-state index contributed by atoms with van der Waals surface area (Å²) >= 11 is 1.21. The van der Waals surface area contributed by atoms with Crippen LogP contribution in [0.4, 0.5) is 8.78 Å².